The lowest BCUT2D eigenvalue weighted by Crippen LogP contribution is -2.30. The first-order chi connectivity index (χ1) is 15.3. The highest BCUT2D eigenvalue weighted by molar-refractivity contribution is 7.13. The molecule has 0 fully saturated rings. The van der Waals surface area contributed by atoms with Gasteiger partial charge in [-0.15, -0.1) is 11.3 Å². The quantitative estimate of drug-likeness (QED) is 0.471. The molecule has 1 aromatic heterocycles. The van der Waals surface area contributed by atoms with Crippen LogP contribution < -0.4 is 14.8 Å². The van der Waals surface area contributed by atoms with Crippen LogP contribution in [0.25, 0.3) is 10.6 Å². The third-order valence-electron chi connectivity index (χ3n) is 4.37. The van der Waals surface area contributed by atoms with Crippen molar-refractivity contribution in [1.29, 1.82) is 0 Å². The van der Waals surface area contributed by atoms with Crippen LogP contribution in [0, 0.1) is 5.82 Å². The molecule has 0 aliphatic heterocycles. The zero-order valence-electron chi connectivity index (χ0n) is 17.5. The molecule has 1 N–H and O–H groups in total. The molecule has 0 spiro atoms. The number of hydrogen-bond donors (Lipinski definition) is 1. The minimum atomic E-state index is -1.08. The lowest BCUT2D eigenvalue weighted by Gasteiger charge is -2.14. The van der Waals surface area contributed by atoms with Crippen LogP contribution in [0.1, 0.15) is 12.6 Å². The summed E-state index contributed by atoms with van der Waals surface area (Å²) in [5, 5.41) is 4.99. The maximum atomic E-state index is 13.1. The second-order valence-electron chi connectivity index (χ2n) is 6.64. The van der Waals surface area contributed by atoms with Crippen LogP contribution in [0.4, 0.5) is 10.1 Å². The Hall–Kier alpha value is -3.17. The van der Waals surface area contributed by atoms with Crippen molar-refractivity contribution in [2.24, 2.45) is 0 Å². The van der Waals surface area contributed by atoms with E-state index in [2.05, 4.69) is 10.3 Å². The van der Waals surface area contributed by atoms with Gasteiger partial charge >= 0.3 is 5.97 Å². The molecule has 0 aliphatic carbocycles. The molecule has 10 heteroatoms. The van der Waals surface area contributed by atoms with Crippen molar-refractivity contribution in [1.82, 2.24) is 4.98 Å². The second kappa shape index (κ2) is 10.4. The Morgan fingerprint density at radius 1 is 1.16 bits per heavy atom. The molecule has 168 valence electrons. The van der Waals surface area contributed by atoms with Crippen molar-refractivity contribution in [2.45, 2.75) is 19.4 Å². The number of thiazole rings is 1. The number of ether oxygens (including phenoxy) is 3. The van der Waals surface area contributed by atoms with Crippen molar-refractivity contribution < 1.29 is 28.2 Å². The van der Waals surface area contributed by atoms with E-state index < -0.39 is 23.8 Å². The SMILES string of the molecule is COc1ccc(-c2nc(CC(=O)OC(C)C(=O)Nc3ccc(F)cc3Cl)cs2)cc1OC. The van der Waals surface area contributed by atoms with Crippen molar-refractivity contribution >= 4 is 40.5 Å². The Morgan fingerprint density at radius 2 is 1.91 bits per heavy atom. The third-order valence-corrected chi connectivity index (χ3v) is 5.63. The lowest BCUT2D eigenvalue weighted by molar-refractivity contribution is -0.152. The highest BCUT2D eigenvalue weighted by atomic mass is 35.5. The number of methoxy groups -OCH3 is 2. The molecule has 0 saturated heterocycles. The highest BCUT2D eigenvalue weighted by Gasteiger charge is 2.20. The zero-order valence-corrected chi connectivity index (χ0v) is 19.1. The van der Waals surface area contributed by atoms with Gasteiger partial charge in [0, 0.05) is 10.9 Å². The Labute approximate surface area is 193 Å². The summed E-state index contributed by atoms with van der Waals surface area (Å²) in [6, 6.07) is 8.98. The molecule has 1 unspecified atom stereocenters. The number of nitrogens with zero attached hydrogens (tertiary/aromatic N) is 1. The standard InChI is InChI=1S/C22H20ClFN2O5S/c1-12(21(28)26-17-6-5-14(24)9-16(17)23)31-20(27)10-15-11-32-22(25-15)13-4-7-18(29-2)19(8-13)30-3/h4-9,11-12H,10H2,1-3H3,(H,26,28). The highest BCUT2D eigenvalue weighted by Crippen LogP contribution is 2.33. The van der Waals surface area contributed by atoms with Gasteiger partial charge in [-0.25, -0.2) is 9.37 Å². The Bertz CT molecular complexity index is 1140. The van der Waals surface area contributed by atoms with Crippen LogP contribution >= 0.6 is 22.9 Å². The van der Waals surface area contributed by atoms with Gasteiger partial charge in [0.25, 0.3) is 5.91 Å². The van der Waals surface area contributed by atoms with E-state index in [4.69, 9.17) is 25.8 Å². The lowest BCUT2D eigenvalue weighted by atomic mass is 10.2. The topological polar surface area (TPSA) is 86.8 Å². The zero-order chi connectivity index (χ0) is 23.3. The first kappa shape index (κ1) is 23.5. The van der Waals surface area contributed by atoms with E-state index in [0.29, 0.717) is 22.2 Å². The number of nitrogens with one attached hydrogen (secondary N) is 1. The largest absolute Gasteiger partial charge is 0.493 e. The van der Waals surface area contributed by atoms with E-state index in [-0.39, 0.29) is 17.1 Å². The van der Waals surface area contributed by atoms with Gasteiger partial charge in [0.2, 0.25) is 0 Å². The maximum Gasteiger partial charge on any atom is 0.312 e. The molecule has 3 rings (SSSR count). The Morgan fingerprint density at radius 3 is 2.59 bits per heavy atom. The van der Waals surface area contributed by atoms with Crippen molar-refractivity contribution in [3.63, 3.8) is 0 Å². The van der Waals surface area contributed by atoms with Crippen molar-refractivity contribution in [2.75, 3.05) is 19.5 Å². The molecule has 2 aromatic carbocycles. The van der Waals surface area contributed by atoms with E-state index in [9.17, 15) is 14.0 Å². The van der Waals surface area contributed by atoms with Gasteiger partial charge in [-0.2, -0.15) is 0 Å². The fourth-order valence-corrected chi connectivity index (χ4v) is 3.79. The Balaban J connectivity index is 1.59. The molecule has 0 saturated carbocycles. The molecule has 1 amide bonds. The number of esters is 1. The van der Waals surface area contributed by atoms with E-state index in [1.807, 2.05) is 6.07 Å². The number of carbonyl (C=O) groups is 2. The molecule has 0 aliphatic rings. The van der Waals surface area contributed by atoms with E-state index in [1.54, 1.807) is 31.7 Å². The molecule has 1 atom stereocenters. The van der Waals surface area contributed by atoms with Gasteiger partial charge < -0.3 is 19.5 Å². The minimum Gasteiger partial charge on any atom is -0.493 e. The molecule has 0 bridgehead atoms. The molecule has 1 heterocycles. The molecule has 0 radical (unpaired) electrons. The fraction of sp³-hybridized carbons (Fsp3) is 0.227. The number of amides is 1. The second-order valence-corrected chi connectivity index (χ2v) is 7.90. The Kier molecular flexibility index (Phi) is 7.66. The van der Waals surface area contributed by atoms with Crippen LogP contribution in [-0.2, 0) is 20.7 Å². The van der Waals surface area contributed by atoms with Crippen molar-refractivity contribution in [3.05, 3.63) is 58.3 Å². The van der Waals surface area contributed by atoms with Crippen LogP contribution in [0.2, 0.25) is 5.02 Å². The summed E-state index contributed by atoms with van der Waals surface area (Å²) < 4.78 is 28.9. The van der Waals surface area contributed by atoms with Crippen LogP contribution in [0.15, 0.2) is 41.8 Å². The van der Waals surface area contributed by atoms with Gasteiger partial charge in [0.1, 0.15) is 10.8 Å². The summed E-state index contributed by atoms with van der Waals surface area (Å²) in [4.78, 5) is 29.0. The fourth-order valence-electron chi connectivity index (χ4n) is 2.76. The summed E-state index contributed by atoms with van der Waals surface area (Å²) in [6.45, 7) is 1.43. The molecular formula is C22H20ClFN2O5S. The third kappa shape index (κ3) is 5.74. The van der Waals surface area contributed by atoms with Crippen molar-refractivity contribution in [3.8, 4) is 22.1 Å². The molecule has 3 aromatic rings. The average Bonchev–Trinajstić information content (AvgIpc) is 3.23. The summed E-state index contributed by atoms with van der Waals surface area (Å²) in [6.07, 6.45) is -1.17. The monoisotopic (exact) mass is 478 g/mol. The van der Waals surface area contributed by atoms with Crippen LogP contribution in [0.5, 0.6) is 11.5 Å². The molecule has 32 heavy (non-hydrogen) atoms. The summed E-state index contributed by atoms with van der Waals surface area (Å²) in [7, 11) is 3.10. The minimum absolute atomic E-state index is 0.0436. The number of halogens is 2. The van der Waals surface area contributed by atoms with E-state index in [1.165, 1.54) is 24.3 Å². The molecule has 7 nitrogen and oxygen atoms in total. The summed E-state index contributed by atoms with van der Waals surface area (Å²) in [5.74, 6) is -0.547. The first-order valence-electron chi connectivity index (χ1n) is 9.43. The van der Waals surface area contributed by atoms with Crippen LogP contribution in [-0.4, -0.2) is 37.2 Å². The maximum absolute atomic E-state index is 13.1. The normalized spacial score (nSPS) is 11.5. The van der Waals surface area contributed by atoms with Crippen LogP contribution in [0.3, 0.4) is 0 Å². The van der Waals surface area contributed by atoms with E-state index in [0.717, 1.165) is 17.7 Å². The predicted octanol–water partition coefficient (Wildman–Crippen LogP) is 4.73. The average molecular weight is 479 g/mol. The smallest absolute Gasteiger partial charge is 0.312 e. The summed E-state index contributed by atoms with van der Waals surface area (Å²) >= 11 is 7.26. The van der Waals surface area contributed by atoms with Gasteiger partial charge in [-0.1, -0.05) is 11.6 Å². The number of anilines is 1. The number of hydrogen-bond acceptors (Lipinski definition) is 7. The van der Waals surface area contributed by atoms with Gasteiger partial charge in [-0.3, -0.25) is 9.59 Å². The van der Waals surface area contributed by atoms with Gasteiger partial charge in [-0.05, 0) is 43.3 Å². The van der Waals surface area contributed by atoms with Gasteiger partial charge in [0.05, 0.1) is 37.0 Å². The number of carbonyl (C=O) groups excluding carboxylic acids is 2. The van der Waals surface area contributed by atoms with E-state index >= 15 is 0 Å². The summed E-state index contributed by atoms with van der Waals surface area (Å²) in [5.41, 5.74) is 1.55. The number of rotatable bonds is 8. The first-order valence-corrected chi connectivity index (χ1v) is 10.7. The predicted molar refractivity (Wildman–Crippen MR) is 120 cm³/mol. The molecular weight excluding hydrogens is 459 g/mol. The number of aromatic nitrogens is 1. The number of benzene rings is 2. The van der Waals surface area contributed by atoms with Gasteiger partial charge in [0.15, 0.2) is 17.6 Å².